The maximum absolute atomic E-state index is 12.2. The molecule has 7 nitrogen and oxygen atoms in total. The molecule has 0 aliphatic heterocycles. The van der Waals surface area contributed by atoms with Gasteiger partial charge in [0.05, 0.1) is 16.8 Å². The van der Waals surface area contributed by atoms with Crippen LogP contribution in [-0.2, 0) is 6.42 Å². The number of halogens is 2. The van der Waals surface area contributed by atoms with Crippen LogP contribution in [0.5, 0.6) is 5.75 Å². The first-order valence-electron chi connectivity index (χ1n) is 10.6. The van der Waals surface area contributed by atoms with Crippen LogP contribution in [-0.4, -0.2) is 22.1 Å². The molecule has 0 amide bonds. The highest BCUT2D eigenvalue weighted by Crippen LogP contribution is 2.42. The van der Waals surface area contributed by atoms with Crippen molar-refractivity contribution in [1.82, 2.24) is 9.97 Å². The summed E-state index contributed by atoms with van der Waals surface area (Å²) >= 11 is 0. The Kier molecular flexibility index (Phi) is 7.68. The van der Waals surface area contributed by atoms with Gasteiger partial charge >= 0.3 is 6.08 Å². The van der Waals surface area contributed by atoms with Gasteiger partial charge in [0.25, 0.3) is 0 Å². The molecule has 0 saturated heterocycles. The minimum absolute atomic E-state index is 0.130. The van der Waals surface area contributed by atoms with E-state index in [-0.39, 0.29) is 11.6 Å². The number of phenolic OH excluding ortho intramolecular Hbond substituents is 1. The Morgan fingerprint density at radius 1 is 1.00 bits per heavy atom. The van der Waals surface area contributed by atoms with Crippen molar-refractivity contribution in [2.45, 2.75) is 27.2 Å². The SMILES string of the molecule is CCc1c(C)cc2ccc(N)c(N=Nc3ccccc3C)c2c1O.CNc1cc(F)nc(F)n1. The number of nitrogens with two attached hydrogens (primary N) is 1. The number of benzene rings is 3. The topological polar surface area (TPSA) is 109 Å². The maximum atomic E-state index is 12.2. The fourth-order valence-electron chi connectivity index (χ4n) is 3.50. The number of aromatic hydroxyl groups is 1. The third-order valence-corrected chi connectivity index (χ3v) is 5.26. The third kappa shape index (κ3) is 5.43. The highest BCUT2D eigenvalue weighted by Gasteiger charge is 2.14. The van der Waals surface area contributed by atoms with Gasteiger partial charge in [-0.2, -0.15) is 23.9 Å². The van der Waals surface area contributed by atoms with E-state index in [1.54, 1.807) is 6.07 Å². The lowest BCUT2D eigenvalue weighted by molar-refractivity contribution is 0.475. The molecule has 4 N–H and O–H groups in total. The molecule has 0 saturated carbocycles. The molecule has 0 atom stereocenters. The molecule has 0 aliphatic carbocycles. The van der Waals surface area contributed by atoms with Crippen molar-refractivity contribution in [3.05, 3.63) is 77.2 Å². The first kappa shape index (κ1) is 24.5. The molecular weight excluding hydrogens is 438 g/mol. The molecule has 34 heavy (non-hydrogen) atoms. The number of rotatable bonds is 4. The molecule has 3 aromatic carbocycles. The summed E-state index contributed by atoms with van der Waals surface area (Å²) in [6.45, 7) is 6.01. The number of nitrogens with one attached hydrogen (secondary N) is 1. The Balaban J connectivity index is 0.000000271. The van der Waals surface area contributed by atoms with E-state index >= 15 is 0 Å². The highest BCUT2D eigenvalue weighted by atomic mass is 19.1. The Morgan fingerprint density at radius 3 is 2.38 bits per heavy atom. The minimum atomic E-state index is -1.07. The number of hydrogen-bond donors (Lipinski definition) is 3. The van der Waals surface area contributed by atoms with Crippen LogP contribution >= 0.6 is 0 Å². The molecule has 1 heterocycles. The third-order valence-electron chi connectivity index (χ3n) is 5.26. The summed E-state index contributed by atoms with van der Waals surface area (Å²) < 4.78 is 24.3. The largest absolute Gasteiger partial charge is 0.507 e. The Hall–Kier alpha value is -4.14. The average molecular weight is 465 g/mol. The number of nitrogen functional groups attached to an aromatic ring is 1. The van der Waals surface area contributed by atoms with Crippen LogP contribution in [0.4, 0.5) is 31.7 Å². The quantitative estimate of drug-likeness (QED) is 0.138. The second-order valence-corrected chi connectivity index (χ2v) is 7.56. The normalized spacial score (nSPS) is 10.9. The average Bonchev–Trinajstić information content (AvgIpc) is 2.79. The van der Waals surface area contributed by atoms with E-state index in [4.69, 9.17) is 5.73 Å². The number of nitrogens with zero attached hydrogens (tertiary/aromatic N) is 4. The number of aryl methyl sites for hydroxylation is 2. The van der Waals surface area contributed by atoms with E-state index in [1.807, 2.05) is 51.1 Å². The number of hydrogen-bond acceptors (Lipinski definition) is 7. The number of azo groups is 1. The van der Waals surface area contributed by atoms with Gasteiger partial charge in [-0.05, 0) is 54.5 Å². The summed E-state index contributed by atoms with van der Waals surface area (Å²) in [6, 6.07) is 14.5. The van der Waals surface area contributed by atoms with Gasteiger partial charge < -0.3 is 16.2 Å². The van der Waals surface area contributed by atoms with Crippen LogP contribution in [0.2, 0.25) is 0 Å². The molecule has 176 valence electrons. The van der Waals surface area contributed by atoms with Gasteiger partial charge in [-0.3, -0.25) is 0 Å². The van der Waals surface area contributed by atoms with Crippen molar-refractivity contribution in [1.29, 1.82) is 0 Å². The fourth-order valence-corrected chi connectivity index (χ4v) is 3.50. The van der Waals surface area contributed by atoms with Crippen LogP contribution in [0, 0.1) is 25.9 Å². The molecule has 0 fully saturated rings. The van der Waals surface area contributed by atoms with Crippen LogP contribution < -0.4 is 11.1 Å². The first-order chi connectivity index (χ1) is 16.2. The molecule has 1 aromatic heterocycles. The number of phenols is 1. The van der Waals surface area contributed by atoms with Crippen molar-refractivity contribution in [2.24, 2.45) is 10.2 Å². The standard InChI is InChI=1S/C20H21N3O.C5H5F2N3/c1-4-15-13(3)11-14-9-10-16(21)19(18(14)20(15)24)23-22-17-8-6-5-7-12(17)2;1-8-4-2-3(6)9-5(7)10-4/h5-11,24H,4,21H2,1-3H3;2H,1H3,(H,8,9,10). The van der Waals surface area contributed by atoms with E-state index in [9.17, 15) is 13.9 Å². The Labute approximate surface area is 196 Å². The van der Waals surface area contributed by atoms with E-state index in [2.05, 4.69) is 31.6 Å². The summed E-state index contributed by atoms with van der Waals surface area (Å²) in [5.41, 5.74) is 10.9. The Bertz CT molecular complexity index is 1340. The molecule has 0 bridgehead atoms. The second kappa shape index (κ2) is 10.7. The highest BCUT2D eigenvalue weighted by molar-refractivity contribution is 6.03. The zero-order valence-electron chi connectivity index (χ0n) is 19.4. The fraction of sp³-hybridized carbons (Fsp3) is 0.200. The lowest BCUT2D eigenvalue weighted by Crippen LogP contribution is -1.98. The van der Waals surface area contributed by atoms with E-state index in [0.717, 1.165) is 40.3 Å². The predicted octanol–water partition coefficient (Wildman–Crippen LogP) is 6.52. The molecule has 9 heteroatoms. The zero-order valence-corrected chi connectivity index (χ0v) is 19.4. The monoisotopic (exact) mass is 464 g/mol. The van der Waals surface area contributed by atoms with Gasteiger partial charge in [0, 0.05) is 13.1 Å². The minimum Gasteiger partial charge on any atom is -0.507 e. The van der Waals surface area contributed by atoms with E-state index < -0.39 is 12.0 Å². The molecule has 0 radical (unpaired) electrons. The molecule has 4 rings (SSSR count). The molecular formula is C25H26F2N6O. The molecule has 0 aliphatic rings. The number of fused-ring (bicyclic) bond motifs is 1. The zero-order chi connectivity index (χ0) is 24.8. The van der Waals surface area contributed by atoms with Crippen molar-refractivity contribution in [3.8, 4) is 5.75 Å². The molecule has 0 unspecified atom stereocenters. The van der Waals surface area contributed by atoms with Gasteiger partial charge in [0.1, 0.15) is 17.3 Å². The summed E-state index contributed by atoms with van der Waals surface area (Å²) in [5.74, 6) is -0.500. The summed E-state index contributed by atoms with van der Waals surface area (Å²) in [7, 11) is 1.52. The summed E-state index contributed by atoms with van der Waals surface area (Å²) in [4.78, 5) is 6.02. The summed E-state index contributed by atoms with van der Waals surface area (Å²) in [6.07, 6.45) is -0.319. The van der Waals surface area contributed by atoms with E-state index in [1.165, 1.54) is 7.05 Å². The number of aromatic nitrogens is 2. The van der Waals surface area contributed by atoms with Crippen molar-refractivity contribution < 1.29 is 13.9 Å². The van der Waals surface area contributed by atoms with Gasteiger partial charge in [-0.15, -0.1) is 5.11 Å². The summed E-state index contributed by atoms with van der Waals surface area (Å²) in [5, 5.41) is 23.5. The van der Waals surface area contributed by atoms with Crippen molar-refractivity contribution in [3.63, 3.8) is 0 Å². The lowest BCUT2D eigenvalue weighted by Gasteiger charge is -2.13. The van der Waals surface area contributed by atoms with Gasteiger partial charge in [-0.25, -0.2) is 0 Å². The van der Waals surface area contributed by atoms with Crippen LogP contribution in [0.25, 0.3) is 10.8 Å². The van der Waals surface area contributed by atoms with Crippen LogP contribution in [0.15, 0.2) is 58.8 Å². The molecule has 4 aromatic rings. The first-order valence-corrected chi connectivity index (χ1v) is 10.6. The Morgan fingerprint density at radius 2 is 1.74 bits per heavy atom. The maximum Gasteiger partial charge on any atom is 0.313 e. The van der Waals surface area contributed by atoms with Gasteiger partial charge in [0.15, 0.2) is 0 Å². The van der Waals surface area contributed by atoms with Gasteiger partial charge in [0.2, 0.25) is 5.95 Å². The van der Waals surface area contributed by atoms with Crippen LogP contribution in [0.3, 0.4) is 0 Å². The molecule has 0 spiro atoms. The predicted molar refractivity (Wildman–Crippen MR) is 131 cm³/mol. The van der Waals surface area contributed by atoms with Gasteiger partial charge in [-0.1, -0.05) is 37.3 Å². The van der Waals surface area contributed by atoms with Crippen LogP contribution in [0.1, 0.15) is 23.6 Å². The second-order valence-electron chi connectivity index (χ2n) is 7.56. The lowest BCUT2D eigenvalue weighted by atomic mass is 9.97. The van der Waals surface area contributed by atoms with Crippen molar-refractivity contribution >= 4 is 33.7 Å². The van der Waals surface area contributed by atoms with Crippen molar-refractivity contribution in [2.75, 3.05) is 18.1 Å². The van der Waals surface area contributed by atoms with E-state index in [0.29, 0.717) is 16.8 Å². The number of anilines is 2. The smallest absolute Gasteiger partial charge is 0.313 e.